The van der Waals surface area contributed by atoms with Gasteiger partial charge in [-0.15, -0.1) is 0 Å². The van der Waals surface area contributed by atoms with Crippen molar-refractivity contribution in [3.05, 3.63) is 68.1 Å². The number of halogens is 1. The highest BCUT2D eigenvalue weighted by molar-refractivity contribution is 5.74. The van der Waals surface area contributed by atoms with Crippen molar-refractivity contribution in [2.24, 2.45) is 12.8 Å². The molecular weight excluding hydrogens is 423 g/mol. The first-order chi connectivity index (χ1) is 15.8. The molecule has 1 aliphatic heterocycles. The molecule has 0 amide bonds. The van der Waals surface area contributed by atoms with Gasteiger partial charge in [-0.25, -0.2) is 9.18 Å². The van der Waals surface area contributed by atoms with Crippen LogP contribution in [0.3, 0.4) is 0 Å². The first-order valence-corrected chi connectivity index (χ1v) is 11.3. The fraction of sp³-hybridized carbons (Fsp3) is 0.458. The Bertz CT molecular complexity index is 1310. The summed E-state index contributed by atoms with van der Waals surface area (Å²) in [5, 5.41) is 0. The van der Waals surface area contributed by atoms with Crippen molar-refractivity contribution in [1.29, 1.82) is 0 Å². The summed E-state index contributed by atoms with van der Waals surface area (Å²) in [6.45, 7) is 5.98. The van der Waals surface area contributed by atoms with Gasteiger partial charge in [-0.2, -0.15) is 4.98 Å². The van der Waals surface area contributed by atoms with Gasteiger partial charge in [0.1, 0.15) is 5.82 Å². The summed E-state index contributed by atoms with van der Waals surface area (Å²) in [5.74, 6) is 0.303. The predicted octanol–water partition coefficient (Wildman–Crippen LogP) is 2.17. The van der Waals surface area contributed by atoms with Gasteiger partial charge < -0.3 is 15.2 Å². The molecule has 1 fully saturated rings. The van der Waals surface area contributed by atoms with Crippen molar-refractivity contribution in [2.45, 2.75) is 52.2 Å². The number of imidazole rings is 1. The standard InChI is InChI=1S/C24H31FN6O2/c1-16(2)10-13-30-20-21(27-23(30)29-12-6-8-18(26)15-29)28(3)24(33)31(22(20)32)14-11-17-7-4-5-9-19(17)25/h4-5,7,9-10,18H,6,8,11-15,26H2,1-3H3. The monoisotopic (exact) mass is 454 g/mol. The van der Waals surface area contributed by atoms with Crippen LogP contribution >= 0.6 is 0 Å². The topological polar surface area (TPSA) is 91.1 Å². The van der Waals surface area contributed by atoms with Crippen LogP contribution in [0.4, 0.5) is 10.3 Å². The van der Waals surface area contributed by atoms with E-state index in [0.717, 1.165) is 25.0 Å². The maximum absolute atomic E-state index is 14.1. The minimum absolute atomic E-state index is 0.0386. The molecule has 4 rings (SSSR count). The number of piperidine rings is 1. The van der Waals surface area contributed by atoms with Crippen molar-refractivity contribution in [1.82, 2.24) is 18.7 Å². The van der Waals surface area contributed by atoms with Crippen molar-refractivity contribution in [2.75, 3.05) is 18.0 Å². The van der Waals surface area contributed by atoms with Crippen LogP contribution in [0.5, 0.6) is 0 Å². The number of allylic oxidation sites excluding steroid dienone is 2. The Morgan fingerprint density at radius 3 is 2.70 bits per heavy atom. The van der Waals surface area contributed by atoms with Crippen LogP contribution in [0.2, 0.25) is 0 Å². The predicted molar refractivity (Wildman–Crippen MR) is 128 cm³/mol. The van der Waals surface area contributed by atoms with E-state index in [1.165, 1.54) is 15.2 Å². The second-order valence-electron chi connectivity index (χ2n) is 8.96. The van der Waals surface area contributed by atoms with Crippen LogP contribution in [0.15, 0.2) is 45.5 Å². The third-order valence-corrected chi connectivity index (χ3v) is 6.20. The third-order valence-electron chi connectivity index (χ3n) is 6.20. The summed E-state index contributed by atoms with van der Waals surface area (Å²) >= 11 is 0. The van der Waals surface area contributed by atoms with Gasteiger partial charge >= 0.3 is 5.69 Å². The maximum Gasteiger partial charge on any atom is 0.332 e. The van der Waals surface area contributed by atoms with Gasteiger partial charge in [0.25, 0.3) is 5.56 Å². The molecule has 0 spiro atoms. The molecule has 9 heteroatoms. The number of hydrogen-bond acceptors (Lipinski definition) is 5. The second-order valence-corrected chi connectivity index (χ2v) is 8.96. The zero-order chi connectivity index (χ0) is 23.7. The lowest BCUT2D eigenvalue weighted by Gasteiger charge is -2.31. The van der Waals surface area contributed by atoms with Gasteiger partial charge in [0, 0.05) is 39.3 Å². The number of benzene rings is 1. The smallest absolute Gasteiger partial charge is 0.332 e. The quantitative estimate of drug-likeness (QED) is 0.577. The molecule has 2 N–H and O–H groups in total. The van der Waals surface area contributed by atoms with Gasteiger partial charge in [-0.1, -0.05) is 29.8 Å². The summed E-state index contributed by atoms with van der Waals surface area (Å²) in [4.78, 5) is 33.5. The third kappa shape index (κ3) is 4.50. The largest absolute Gasteiger partial charge is 0.341 e. The first kappa shape index (κ1) is 23.0. The Kier molecular flexibility index (Phi) is 6.51. The van der Waals surface area contributed by atoms with E-state index in [-0.39, 0.29) is 24.8 Å². The Hall–Kier alpha value is -3.20. The Morgan fingerprint density at radius 2 is 2.00 bits per heavy atom. The zero-order valence-electron chi connectivity index (χ0n) is 19.4. The van der Waals surface area contributed by atoms with Crippen molar-refractivity contribution >= 4 is 17.1 Å². The van der Waals surface area contributed by atoms with E-state index in [4.69, 9.17) is 10.7 Å². The van der Waals surface area contributed by atoms with E-state index in [1.807, 2.05) is 24.5 Å². The van der Waals surface area contributed by atoms with Gasteiger partial charge in [0.15, 0.2) is 11.2 Å². The molecule has 1 aliphatic rings. The molecule has 0 radical (unpaired) electrons. The van der Waals surface area contributed by atoms with Crippen LogP contribution in [-0.4, -0.2) is 37.8 Å². The highest BCUT2D eigenvalue weighted by Gasteiger charge is 2.26. The number of nitrogens with zero attached hydrogens (tertiary/aromatic N) is 5. The molecular formula is C24H31FN6O2. The second kappa shape index (κ2) is 9.35. The Balaban J connectivity index is 1.85. The van der Waals surface area contributed by atoms with Gasteiger partial charge in [-0.3, -0.25) is 13.9 Å². The number of fused-ring (bicyclic) bond motifs is 1. The molecule has 33 heavy (non-hydrogen) atoms. The van der Waals surface area contributed by atoms with E-state index in [1.54, 1.807) is 25.2 Å². The molecule has 1 aromatic carbocycles. The first-order valence-electron chi connectivity index (χ1n) is 11.3. The molecule has 8 nitrogen and oxygen atoms in total. The summed E-state index contributed by atoms with van der Waals surface area (Å²) in [6, 6.07) is 6.44. The molecule has 1 atom stereocenters. The molecule has 1 unspecified atom stereocenters. The molecule has 0 aliphatic carbocycles. The van der Waals surface area contributed by atoms with Crippen LogP contribution in [0.1, 0.15) is 32.3 Å². The molecule has 0 saturated carbocycles. The number of hydrogen-bond donors (Lipinski definition) is 1. The van der Waals surface area contributed by atoms with E-state index in [9.17, 15) is 14.0 Å². The average Bonchev–Trinajstić information content (AvgIpc) is 3.17. The Labute approximate surface area is 191 Å². The van der Waals surface area contributed by atoms with Crippen molar-refractivity contribution in [3.8, 4) is 0 Å². The highest BCUT2D eigenvalue weighted by atomic mass is 19.1. The van der Waals surface area contributed by atoms with E-state index >= 15 is 0 Å². The number of aromatic nitrogens is 4. The zero-order valence-corrected chi connectivity index (χ0v) is 19.4. The summed E-state index contributed by atoms with van der Waals surface area (Å²) in [7, 11) is 1.62. The van der Waals surface area contributed by atoms with Crippen molar-refractivity contribution < 1.29 is 4.39 Å². The van der Waals surface area contributed by atoms with Crippen molar-refractivity contribution in [3.63, 3.8) is 0 Å². The lowest BCUT2D eigenvalue weighted by molar-refractivity contribution is 0.495. The van der Waals surface area contributed by atoms with Crippen LogP contribution in [0, 0.1) is 5.82 Å². The van der Waals surface area contributed by atoms with Gasteiger partial charge in [-0.05, 0) is 44.7 Å². The maximum atomic E-state index is 14.1. The van der Waals surface area contributed by atoms with E-state index in [0.29, 0.717) is 35.8 Å². The number of anilines is 1. The molecule has 0 bridgehead atoms. The Morgan fingerprint density at radius 1 is 1.24 bits per heavy atom. The minimum atomic E-state index is -0.461. The molecule has 2 aromatic heterocycles. The normalized spacial score (nSPS) is 16.4. The molecule has 3 aromatic rings. The summed E-state index contributed by atoms with van der Waals surface area (Å²) in [5.41, 5.74) is 7.63. The number of rotatable bonds is 6. The van der Waals surface area contributed by atoms with Gasteiger partial charge in [0.05, 0.1) is 0 Å². The minimum Gasteiger partial charge on any atom is -0.341 e. The highest BCUT2D eigenvalue weighted by Crippen LogP contribution is 2.23. The van der Waals surface area contributed by atoms with E-state index < -0.39 is 11.2 Å². The van der Waals surface area contributed by atoms with Crippen LogP contribution < -0.4 is 21.9 Å². The molecule has 176 valence electrons. The molecule has 1 saturated heterocycles. The molecule has 3 heterocycles. The van der Waals surface area contributed by atoms with Gasteiger partial charge in [0.2, 0.25) is 5.95 Å². The average molecular weight is 455 g/mol. The number of aryl methyl sites for hydroxylation is 2. The van der Waals surface area contributed by atoms with Crippen LogP contribution in [0.25, 0.3) is 11.2 Å². The fourth-order valence-electron chi connectivity index (χ4n) is 4.37. The number of nitrogens with two attached hydrogens (primary N) is 1. The van der Waals surface area contributed by atoms with Crippen LogP contribution in [-0.2, 0) is 26.6 Å². The summed E-state index contributed by atoms with van der Waals surface area (Å²) < 4.78 is 18.6. The lowest BCUT2D eigenvalue weighted by Crippen LogP contribution is -2.44. The SMILES string of the molecule is CC(C)=CCn1c(N2CCCC(N)C2)nc2c1c(=O)n(CCc1ccccc1F)c(=O)n2C. The summed E-state index contributed by atoms with van der Waals surface area (Å²) in [6.07, 6.45) is 4.16. The fourth-order valence-corrected chi connectivity index (χ4v) is 4.37. The lowest BCUT2D eigenvalue weighted by atomic mass is 10.1. The van der Waals surface area contributed by atoms with E-state index in [2.05, 4.69) is 4.90 Å².